The van der Waals surface area contributed by atoms with Gasteiger partial charge in [0.2, 0.25) is 10.0 Å². The molecule has 0 spiro atoms. The Kier molecular flexibility index (Phi) is 6.95. The van der Waals surface area contributed by atoms with Crippen LogP contribution in [0.3, 0.4) is 0 Å². The van der Waals surface area contributed by atoms with E-state index < -0.39 is 39.3 Å². The van der Waals surface area contributed by atoms with Crippen LogP contribution in [0.5, 0.6) is 0 Å². The summed E-state index contributed by atoms with van der Waals surface area (Å²) in [5, 5.41) is 13.0. The number of benzene rings is 1. The van der Waals surface area contributed by atoms with Crippen LogP contribution in [0.4, 0.5) is 9.18 Å². The molecule has 11 heteroatoms. The van der Waals surface area contributed by atoms with E-state index in [-0.39, 0.29) is 37.0 Å². The molecule has 2 saturated heterocycles. The lowest BCUT2D eigenvalue weighted by molar-refractivity contribution is -0.135. The molecule has 0 unspecified atom stereocenters. The zero-order valence-electron chi connectivity index (χ0n) is 17.5. The molecule has 2 N–H and O–H groups in total. The summed E-state index contributed by atoms with van der Waals surface area (Å²) in [6.45, 7) is 2.56. The Bertz CT molecular complexity index is 968. The number of piperidine rings is 1. The number of ketones is 1. The first-order valence-electron chi connectivity index (χ1n) is 10.2. The Balaban J connectivity index is 2.00. The number of hydrogen-bond donors (Lipinski definition) is 2. The number of halogens is 2. The quantitative estimate of drug-likeness (QED) is 0.652. The van der Waals surface area contributed by atoms with Gasteiger partial charge in [-0.15, -0.1) is 0 Å². The number of nitrogens with one attached hydrogen (secondary N) is 1. The van der Waals surface area contributed by atoms with Gasteiger partial charge in [-0.2, -0.15) is 0 Å². The topological polar surface area (TPSA) is 107 Å². The Morgan fingerprint density at radius 2 is 2.00 bits per heavy atom. The summed E-state index contributed by atoms with van der Waals surface area (Å²) in [5.74, 6) is -1.98. The number of hydrogen-bond acceptors (Lipinski definition) is 5. The number of nitrogens with zero attached hydrogens (tertiary/aromatic N) is 2. The molecule has 1 amide bonds. The summed E-state index contributed by atoms with van der Waals surface area (Å²) in [4.78, 5) is 27.2. The fourth-order valence-corrected chi connectivity index (χ4v) is 5.88. The minimum atomic E-state index is -3.36. The Hall–Kier alpha value is -1.75. The molecule has 31 heavy (non-hydrogen) atoms. The standard InChI is InChI=1S/C20H27ClFN3O5S/c1-3-25(19(27)28)20(18(26)13-6-8-24(9-7-13)31(2,29)30)12-23-11-15(20)14-4-5-16(21)17(22)10-14/h4-5,10,13,15,23H,3,6-9,11-12H2,1-2H3,(H,27,28)/t15-,20+/m0/s1. The lowest BCUT2D eigenvalue weighted by Crippen LogP contribution is -2.63. The number of likely N-dealkylation sites (N-methyl/N-ethyl adjacent to an activating group) is 1. The molecular formula is C20H27ClFN3O5S. The highest BCUT2D eigenvalue weighted by atomic mass is 35.5. The third-order valence-electron chi connectivity index (χ3n) is 6.41. The van der Waals surface area contributed by atoms with Gasteiger partial charge in [0.05, 0.1) is 11.3 Å². The van der Waals surface area contributed by atoms with Crippen molar-refractivity contribution in [1.29, 1.82) is 0 Å². The molecule has 0 bridgehead atoms. The van der Waals surface area contributed by atoms with Gasteiger partial charge < -0.3 is 10.4 Å². The molecule has 8 nitrogen and oxygen atoms in total. The molecule has 3 rings (SSSR count). The zero-order chi connectivity index (χ0) is 23.0. The molecule has 1 aromatic rings. The largest absolute Gasteiger partial charge is 0.465 e. The van der Waals surface area contributed by atoms with Crippen LogP contribution in [0, 0.1) is 11.7 Å². The Morgan fingerprint density at radius 3 is 2.52 bits per heavy atom. The van der Waals surface area contributed by atoms with Gasteiger partial charge in [-0.05, 0) is 37.5 Å². The van der Waals surface area contributed by atoms with Gasteiger partial charge in [0, 0.05) is 44.6 Å². The van der Waals surface area contributed by atoms with Crippen LogP contribution < -0.4 is 5.32 Å². The molecule has 1 aromatic carbocycles. The first-order chi connectivity index (χ1) is 14.5. The van der Waals surface area contributed by atoms with Crippen molar-refractivity contribution in [1.82, 2.24) is 14.5 Å². The lowest BCUT2D eigenvalue weighted by Gasteiger charge is -2.44. The zero-order valence-corrected chi connectivity index (χ0v) is 19.0. The summed E-state index contributed by atoms with van der Waals surface area (Å²) in [6.07, 6.45) is 0.526. The fourth-order valence-electron chi connectivity index (χ4n) is 4.89. The summed E-state index contributed by atoms with van der Waals surface area (Å²) in [7, 11) is -3.36. The van der Waals surface area contributed by atoms with Crippen LogP contribution in [0.1, 0.15) is 31.2 Å². The maximum absolute atomic E-state index is 14.2. The lowest BCUT2D eigenvalue weighted by atomic mass is 9.72. The first-order valence-corrected chi connectivity index (χ1v) is 12.4. The second kappa shape index (κ2) is 9.01. The second-order valence-electron chi connectivity index (χ2n) is 8.11. The predicted octanol–water partition coefficient (Wildman–Crippen LogP) is 2.15. The number of rotatable bonds is 6. The Labute approximate surface area is 186 Å². The maximum atomic E-state index is 14.2. The van der Waals surface area contributed by atoms with Crippen molar-refractivity contribution in [3.63, 3.8) is 0 Å². The monoisotopic (exact) mass is 475 g/mol. The van der Waals surface area contributed by atoms with E-state index in [9.17, 15) is 27.5 Å². The van der Waals surface area contributed by atoms with Gasteiger partial charge in [-0.25, -0.2) is 21.9 Å². The highest BCUT2D eigenvalue weighted by molar-refractivity contribution is 7.88. The average molecular weight is 476 g/mol. The SMILES string of the molecule is CCN(C(=O)O)[C@]1(C(=O)C2CCN(S(C)(=O)=O)CC2)CNC[C@H]1c1ccc(Cl)c(F)c1. The van der Waals surface area contributed by atoms with E-state index in [1.165, 1.54) is 16.4 Å². The third kappa shape index (κ3) is 4.44. The van der Waals surface area contributed by atoms with E-state index in [2.05, 4.69) is 5.32 Å². The number of sulfonamides is 1. The van der Waals surface area contributed by atoms with Gasteiger partial charge in [0.15, 0.2) is 5.78 Å². The first kappa shape index (κ1) is 23.9. The predicted molar refractivity (Wildman–Crippen MR) is 114 cm³/mol. The molecule has 2 aliphatic rings. The van der Waals surface area contributed by atoms with Crippen molar-refractivity contribution in [2.45, 2.75) is 31.2 Å². The Morgan fingerprint density at radius 1 is 1.35 bits per heavy atom. The summed E-state index contributed by atoms with van der Waals surface area (Å²) in [6, 6.07) is 4.28. The average Bonchev–Trinajstić information content (AvgIpc) is 3.14. The maximum Gasteiger partial charge on any atom is 0.408 e. The molecule has 0 aliphatic carbocycles. The van der Waals surface area contributed by atoms with Gasteiger partial charge >= 0.3 is 6.09 Å². The van der Waals surface area contributed by atoms with Gasteiger partial charge in [0.1, 0.15) is 11.4 Å². The van der Waals surface area contributed by atoms with Crippen molar-refractivity contribution in [3.8, 4) is 0 Å². The van der Waals surface area contributed by atoms with Crippen LogP contribution in [0.25, 0.3) is 0 Å². The summed E-state index contributed by atoms with van der Waals surface area (Å²) < 4.78 is 39.2. The molecule has 0 saturated carbocycles. The van der Waals surface area contributed by atoms with Crippen molar-refractivity contribution >= 4 is 33.5 Å². The minimum Gasteiger partial charge on any atom is -0.465 e. The molecule has 0 radical (unpaired) electrons. The number of carbonyl (C=O) groups is 2. The number of Topliss-reactive ketones (excluding diaryl/α,β-unsaturated/α-hetero) is 1. The molecule has 2 heterocycles. The van der Waals surface area contributed by atoms with Crippen molar-refractivity contribution in [2.75, 3.05) is 39.0 Å². The molecule has 172 valence electrons. The van der Waals surface area contributed by atoms with E-state index in [0.29, 0.717) is 24.9 Å². The van der Waals surface area contributed by atoms with Crippen molar-refractivity contribution < 1.29 is 27.5 Å². The van der Waals surface area contributed by atoms with Crippen molar-refractivity contribution in [3.05, 3.63) is 34.6 Å². The van der Waals surface area contributed by atoms with Crippen LogP contribution >= 0.6 is 11.6 Å². The van der Waals surface area contributed by atoms with E-state index >= 15 is 0 Å². The van der Waals surface area contributed by atoms with Gasteiger partial charge in [0.25, 0.3) is 0 Å². The van der Waals surface area contributed by atoms with E-state index in [4.69, 9.17) is 11.6 Å². The molecule has 2 aliphatic heterocycles. The van der Waals surface area contributed by atoms with Crippen LogP contribution in [-0.4, -0.2) is 79.1 Å². The van der Waals surface area contributed by atoms with Crippen molar-refractivity contribution in [2.24, 2.45) is 5.92 Å². The molecule has 2 fully saturated rings. The van der Waals surface area contributed by atoms with E-state index in [1.807, 2.05) is 0 Å². The molecule has 0 aromatic heterocycles. The highest BCUT2D eigenvalue weighted by Gasteiger charge is 2.56. The highest BCUT2D eigenvalue weighted by Crippen LogP contribution is 2.41. The second-order valence-corrected chi connectivity index (χ2v) is 10.5. The van der Waals surface area contributed by atoms with Crippen LogP contribution in [0.2, 0.25) is 5.02 Å². The number of carbonyl (C=O) groups excluding carboxylic acids is 1. The number of carboxylic acid groups (broad SMARTS) is 1. The minimum absolute atomic E-state index is 0.0506. The van der Waals surface area contributed by atoms with Gasteiger partial charge in [-0.3, -0.25) is 9.69 Å². The fraction of sp³-hybridized carbons (Fsp3) is 0.600. The molecule has 2 atom stereocenters. The number of amides is 1. The normalized spacial score (nSPS) is 25.5. The summed E-state index contributed by atoms with van der Waals surface area (Å²) in [5.41, 5.74) is -0.924. The van der Waals surface area contributed by atoms with E-state index in [1.54, 1.807) is 13.0 Å². The molecular weight excluding hydrogens is 449 g/mol. The third-order valence-corrected chi connectivity index (χ3v) is 8.02. The van der Waals surface area contributed by atoms with Crippen LogP contribution in [-0.2, 0) is 14.8 Å². The summed E-state index contributed by atoms with van der Waals surface area (Å²) >= 11 is 5.82. The van der Waals surface area contributed by atoms with E-state index in [0.717, 1.165) is 11.2 Å². The smallest absolute Gasteiger partial charge is 0.408 e. The van der Waals surface area contributed by atoms with Gasteiger partial charge in [-0.1, -0.05) is 17.7 Å². The van der Waals surface area contributed by atoms with Crippen LogP contribution in [0.15, 0.2) is 18.2 Å².